The van der Waals surface area contributed by atoms with Crippen molar-refractivity contribution in [3.8, 4) is 0 Å². The molecule has 0 bridgehead atoms. The van der Waals surface area contributed by atoms with Crippen molar-refractivity contribution in [2.45, 2.75) is 19.4 Å². The Balaban J connectivity index is 2.25. The first-order valence-electron chi connectivity index (χ1n) is 5.41. The van der Waals surface area contributed by atoms with Gasteiger partial charge in [-0.15, -0.1) is 0 Å². The standard InChI is InChI=1S/C11H13N3S2/c1-7-2-3-9-10(12-7)14(11(15)13-9)8-4-5-16-6-8/h2-3,8H,4-6H2,1H3,(H,13,15). The average molecular weight is 251 g/mol. The molecular weight excluding hydrogens is 238 g/mol. The number of thioether (sulfide) groups is 1. The van der Waals surface area contributed by atoms with E-state index >= 15 is 0 Å². The minimum absolute atomic E-state index is 0.514. The van der Waals surface area contributed by atoms with Gasteiger partial charge in [0, 0.05) is 17.5 Å². The molecule has 5 heteroatoms. The van der Waals surface area contributed by atoms with Crippen LogP contribution >= 0.6 is 24.0 Å². The molecule has 1 fully saturated rings. The number of aromatic nitrogens is 3. The Kier molecular flexibility index (Phi) is 2.52. The van der Waals surface area contributed by atoms with Crippen molar-refractivity contribution in [1.29, 1.82) is 0 Å². The van der Waals surface area contributed by atoms with Crippen LogP contribution in [-0.4, -0.2) is 26.0 Å². The SMILES string of the molecule is Cc1ccc2[nH]c(=S)n(C3CCSC3)c2n1. The zero-order valence-corrected chi connectivity index (χ0v) is 10.7. The van der Waals surface area contributed by atoms with Gasteiger partial charge in [-0.2, -0.15) is 11.8 Å². The first-order valence-corrected chi connectivity index (χ1v) is 6.97. The maximum Gasteiger partial charge on any atom is 0.179 e. The van der Waals surface area contributed by atoms with E-state index in [2.05, 4.69) is 20.6 Å². The van der Waals surface area contributed by atoms with Gasteiger partial charge < -0.3 is 4.98 Å². The molecule has 0 radical (unpaired) electrons. The molecule has 0 saturated carbocycles. The summed E-state index contributed by atoms with van der Waals surface area (Å²) in [5, 5.41) is 0. The summed E-state index contributed by atoms with van der Waals surface area (Å²) in [6.07, 6.45) is 1.20. The number of fused-ring (bicyclic) bond motifs is 1. The zero-order chi connectivity index (χ0) is 11.1. The van der Waals surface area contributed by atoms with Crippen LogP contribution in [0.5, 0.6) is 0 Å². The maximum atomic E-state index is 5.39. The van der Waals surface area contributed by atoms with Crippen molar-refractivity contribution in [2.24, 2.45) is 0 Å². The lowest BCUT2D eigenvalue weighted by Crippen LogP contribution is -2.08. The van der Waals surface area contributed by atoms with Crippen LogP contribution in [0.25, 0.3) is 11.2 Å². The highest BCUT2D eigenvalue weighted by Gasteiger charge is 2.20. The number of aromatic amines is 1. The first-order chi connectivity index (χ1) is 7.75. The van der Waals surface area contributed by atoms with Crippen LogP contribution in [0.3, 0.4) is 0 Å². The predicted molar refractivity (Wildman–Crippen MR) is 70.6 cm³/mol. The monoisotopic (exact) mass is 251 g/mol. The fourth-order valence-electron chi connectivity index (χ4n) is 2.16. The van der Waals surface area contributed by atoms with Crippen LogP contribution in [0, 0.1) is 11.7 Å². The number of nitrogens with one attached hydrogen (secondary N) is 1. The highest BCUT2D eigenvalue weighted by atomic mass is 32.2. The van der Waals surface area contributed by atoms with Crippen molar-refractivity contribution in [3.63, 3.8) is 0 Å². The molecule has 1 N–H and O–H groups in total. The van der Waals surface area contributed by atoms with Crippen molar-refractivity contribution in [3.05, 3.63) is 22.6 Å². The summed E-state index contributed by atoms with van der Waals surface area (Å²) in [6, 6.07) is 4.59. The second-order valence-electron chi connectivity index (χ2n) is 4.14. The van der Waals surface area contributed by atoms with Crippen LogP contribution in [0.4, 0.5) is 0 Å². The minimum atomic E-state index is 0.514. The number of nitrogens with zero attached hydrogens (tertiary/aromatic N) is 2. The summed E-state index contributed by atoms with van der Waals surface area (Å²) in [4.78, 5) is 7.83. The number of hydrogen-bond acceptors (Lipinski definition) is 3. The highest BCUT2D eigenvalue weighted by Crippen LogP contribution is 2.30. The highest BCUT2D eigenvalue weighted by molar-refractivity contribution is 7.99. The molecule has 1 unspecified atom stereocenters. The fraction of sp³-hybridized carbons (Fsp3) is 0.455. The van der Waals surface area contributed by atoms with Crippen molar-refractivity contribution >= 4 is 35.1 Å². The summed E-state index contributed by atoms with van der Waals surface area (Å²) in [6.45, 7) is 2.02. The van der Waals surface area contributed by atoms with Gasteiger partial charge in [0.1, 0.15) is 0 Å². The number of pyridine rings is 1. The molecule has 0 aromatic carbocycles. The largest absolute Gasteiger partial charge is 0.329 e. The van der Waals surface area contributed by atoms with Gasteiger partial charge in [-0.25, -0.2) is 4.98 Å². The average Bonchev–Trinajstić information content (AvgIpc) is 2.83. The first kappa shape index (κ1) is 10.4. The predicted octanol–water partition coefficient (Wildman–Crippen LogP) is 3.08. The summed E-state index contributed by atoms with van der Waals surface area (Å²) in [5.41, 5.74) is 3.10. The second-order valence-corrected chi connectivity index (χ2v) is 5.68. The van der Waals surface area contributed by atoms with E-state index in [-0.39, 0.29) is 0 Å². The fourth-order valence-corrected chi connectivity index (χ4v) is 3.70. The molecule has 3 rings (SSSR count). The lowest BCUT2D eigenvalue weighted by Gasteiger charge is -2.10. The van der Waals surface area contributed by atoms with E-state index in [9.17, 15) is 0 Å². The van der Waals surface area contributed by atoms with Gasteiger partial charge in [-0.05, 0) is 43.4 Å². The van der Waals surface area contributed by atoms with Crippen LogP contribution in [0.1, 0.15) is 18.2 Å². The topological polar surface area (TPSA) is 33.6 Å². The van der Waals surface area contributed by atoms with Gasteiger partial charge in [0.2, 0.25) is 0 Å². The lowest BCUT2D eigenvalue weighted by molar-refractivity contribution is 0.565. The maximum absolute atomic E-state index is 5.39. The Labute approximate surface area is 103 Å². The Hall–Kier alpha value is -0.810. The third-order valence-electron chi connectivity index (χ3n) is 2.97. The van der Waals surface area contributed by atoms with E-state index in [0.717, 1.165) is 27.4 Å². The second kappa shape index (κ2) is 3.89. The summed E-state index contributed by atoms with van der Waals surface area (Å²) < 4.78 is 3.00. The van der Waals surface area contributed by atoms with Crippen LogP contribution in [0.15, 0.2) is 12.1 Å². The van der Waals surface area contributed by atoms with E-state index in [0.29, 0.717) is 6.04 Å². The Morgan fingerprint density at radius 3 is 3.19 bits per heavy atom. The Morgan fingerprint density at radius 1 is 1.56 bits per heavy atom. The Bertz CT molecular complexity index is 578. The number of H-pyrrole nitrogens is 1. The Morgan fingerprint density at radius 2 is 2.44 bits per heavy atom. The summed E-state index contributed by atoms with van der Waals surface area (Å²) >= 11 is 7.38. The van der Waals surface area contributed by atoms with Crippen molar-refractivity contribution < 1.29 is 0 Å². The molecule has 3 nitrogen and oxygen atoms in total. The van der Waals surface area contributed by atoms with Gasteiger partial charge in [0.05, 0.1) is 5.52 Å². The lowest BCUT2D eigenvalue weighted by atomic mass is 10.2. The van der Waals surface area contributed by atoms with Gasteiger partial charge in [0.25, 0.3) is 0 Å². The molecule has 1 aliphatic heterocycles. The molecule has 1 atom stereocenters. The normalized spacial score (nSPS) is 20.7. The van der Waals surface area contributed by atoms with E-state index in [1.165, 1.54) is 12.2 Å². The van der Waals surface area contributed by atoms with Gasteiger partial charge >= 0.3 is 0 Å². The molecule has 2 aromatic rings. The summed E-state index contributed by atoms with van der Waals surface area (Å²) in [7, 11) is 0. The third kappa shape index (κ3) is 1.58. The van der Waals surface area contributed by atoms with Crippen LogP contribution < -0.4 is 0 Å². The van der Waals surface area contributed by atoms with E-state index in [4.69, 9.17) is 12.2 Å². The van der Waals surface area contributed by atoms with Crippen LogP contribution in [-0.2, 0) is 0 Å². The molecule has 0 aliphatic carbocycles. The minimum Gasteiger partial charge on any atom is -0.329 e. The molecule has 16 heavy (non-hydrogen) atoms. The van der Waals surface area contributed by atoms with E-state index in [1.54, 1.807) is 0 Å². The van der Waals surface area contributed by atoms with Gasteiger partial charge in [-0.3, -0.25) is 4.57 Å². The summed E-state index contributed by atoms with van der Waals surface area (Å²) in [5.74, 6) is 2.38. The molecule has 1 saturated heterocycles. The van der Waals surface area contributed by atoms with Crippen molar-refractivity contribution in [2.75, 3.05) is 11.5 Å². The van der Waals surface area contributed by atoms with Gasteiger partial charge in [-0.1, -0.05) is 0 Å². The molecule has 0 amide bonds. The molecular formula is C11H13N3S2. The third-order valence-corrected chi connectivity index (χ3v) is 4.42. The number of rotatable bonds is 1. The number of imidazole rings is 1. The number of hydrogen-bond donors (Lipinski definition) is 1. The molecule has 2 aromatic heterocycles. The smallest absolute Gasteiger partial charge is 0.179 e. The number of aryl methyl sites for hydroxylation is 1. The molecule has 1 aliphatic rings. The zero-order valence-electron chi connectivity index (χ0n) is 9.06. The quantitative estimate of drug-likeness (QED) is 0.791. The molecule has 0 spiro atoms. The van der Waals surface area contributed by atoms with Gasteiger partial charge in [0.15, 0.2) is 10.4 Å². The van der Waals surface area contributed by atoms with E-state index in [1.807, 2.05) is 24.8 Å². The van der Waals surface area contributed by atoms with E-state index < -0.39 is 0 Å². The van der Waals surface area contributed by atoms with Crippen LogP contribution in [0.2, 0.25) is 0 Å². The van der Waals surface area contributed by atoms with Crippen molar-refractivity contribution in [1.82, 2.24) is 14.5 Å². The molecule has 3 heterocycles. The molecule has 84 valence electrons.